The second-order valence-electron chi connectivity index (χ2n) is 10.3. The van der Waals surface area contributed by atoms with E-state index in [1.807, 2.05) is 18.5 Å². The average molecular weight is 563 g/mol. The number of piperidine rings is 2. The quantitative estimate of drug-likeness (QED) is 0.425. The van der Waals surface area contributed by atoms with Gasteiger partial charge in [-0.3, -0.25) is 39.0 Å². The zero-order valence-corrected chi connectivity index (χ0v) is 22.7. The van der Waals surface area contributed by atoms with E-state index in [-0.39, 0.29) is 36.4 Å². The summed E-state index contributed by atoms with van der Waals surface area (Å²) in [6.45, 7) is 3.45. The summed E-state index contributed by atoms with van der Waals surface area (Å²) in [5.41, 5.74) is 3.37. The first-order valence-electron chi connectivity index (χ1n) is 13.4. The molecule has 11 heteroatoms. The van der Waals surface area contributed by atoms with Crippen LogP contribution in [0.2, 0.25) is 0 Å². The Hall–Kier alpha value is -4.02. The van der Waals surface area contributed by atoms with Crippen LogP contribution in [0.25, 0.3) is 0 Å². The predicted octanol–water partition coefficient (Wildman–Crippen LogP) is 3.16. The van der Waals surface area contributed by atoms with Crippen LogP contribution in [0.3, 0.4) is 0 Å². The summed E-state index contributed by atoms with van der Waals surface area (Å²) in [6, 6.07) is 15.0. The molecule has 1 aromatic heterocycles. The molecule has 3 aliphatic rings. The van der Waals surface area contributed by atoms with Crippen molar-refractivity contribution in [3.05, 3.63) is 83.2 Å². The first-order valence-corrected chi connectivity index (χ1v) is 13.4. The number of likely N-dealkylation sites (tertiary alicyclic amines) is 1. The summed E-state index contributed by atoms with van der Waals surface area (Å²) < 4.78 is 2.07. The zero-order valence-electron chi connectivity index (χ0n) is 21.9. The molecular weight excluding hydrogens is 532 g/mol. The fraction of sp³-hybridized carbons (Fsp3) is 0.345. The van der Waals surface area contributed by atoms with E-state index >= 15 is 0 Å². The third kappa shape index (κ3) is 5.37. The Morgan fingerprint density at radius 2 is 1.65 bits per heavy atom. The van der Waals surface area contributed by atoms with Crippen LogP contribution in [0.5, 0.6) is 0 Å². The number of nitrogens with one attached hydrogen (secondary N) is 2. The molecule has 2 aromatic carbocycles. The summed E-state index contributed by atoms with van der Waals surface area (Å²) in [5, 5.41) is 9.91. The van der Waals surface area contributed by atoms with Gasteiger partial charge in [0, 0.05) is 50.7 Å². The fourth-order valence-electron chi connectivity index (χ4n) is 5.72. The first kappa shape index (κ1) is 27.5. The van der Waals surface area contributed by atoms with Crippen LogP contribution in [0.15, 0.2) is 60.9 Å². The minimum absolute atomic E-state index is 0. The van der Waals surface area contributed by atoms with Crippen LogP contribution < -0.4 is 10.6 Å². The molecule has 2 N–H and O–H groups in total. The molecule has 3 aromatic rings. The Balaban J connectivity index is 0.00000323. The van der Waals surface area contributed by atoms with E-state index in [9.17, 15) is 19.2 Å². The van der Waals surface area contributed by atoms with Crippen LogP contribution in [-0.4, -0.2) is 62.3 Å². The van der Waals surface area contributed by atoms with Gasteiger partial charge in [-0.05, 0) is 48.6 Å². The highest BCUT2D eigenvalue weighted by Crippen LogP contribution is 2.32. The average Bonchev–Trinajstić information content (AvgIpc) is 3.57. The topological polar surface area (TPSA) is 117 Å². The lowest BCUT2D eigenvalue weighted by Gasteiger charge is -2.32. The Kier molecular flexibility index (Phi) is 7.99. The van der Waals surface area contributed by atoms with Gasteiger partial charge in [-0.2, -0.15) is 5.10 Å². The summed E-state index contributed by atoms with van der Waals surface area (Å²) in [5.74, 6) is -2.03. The third-order valence-corrected chi connectivity index (χ3v) is 7.84. The first-order chi connectivity index (χ1) is 19.0. The summed E-state index contributed by atoms with van der Waals surface area (Å²) in [6.07, 6.45) is 6.28. The Morgan fingerprint density at radius 1 is 0.900 bits per heavy atom. The van der Waals surface area contributed by atoms with Crippen molar-refractivity contribution >= 4 is 41.7 Å². The smallest absolute Gasteiger partial charge is 0.264 e. The maximum atomic E-state index is 13.3. The molecule has 2 fully saturated rings. The van der Waals surface area contributed by atoms with Gasteiger partial charge >= 0.3 is 0 Å². The highest BCUT2D eigenvalue weighted by Gasteiger charge is 2.45. The van der Waals surface area contributed by atoms with Crippen LogP contribution in [0.4, 0.5) is 5.69 Å². The summed E-state index contributed by atoms with van der Waals surface area (Å²) in [7, 11) is 0. The number of anilines is 1. The molecule has 4 heterocycles. The van der Waals surface area contributed by atoms with Crippen LogP contribution in [0.1, 0.15) is 63.6 Å². The van der Waals surface area contributed by atoms with Crippen molar-refractivity contribution in [1.29, 1.82) is 0 Å². The lowest BCUT2D eigenvalue weighted by atomic mass is 10.0. The van der Waals surface area contributed by atoms with Gasteiger partial charge in [0.2, 0.25) is 11.8 Å². The van der Waals surface area contributed by atoms with Crippen molar-refractivity contribution in [1.82, 2.24) is 24.9 Å². The third-order valence-electron chi connectivity index (χ3n) is 7.84. The van der Waals surface area contributed by atoms with Gasteiger partial charge in [-0.1, -0.05) is 30.3 Å². The minimum atomic E-state index is -0.980. The number of amides is 4. The number of nitrogens with zero attached hydrogens (tertiary/aromatic N) is 4. The van der Waals surface area contributed by atoms with Gasteiger partial charge in [0.05, 0.1) is 17.2 Å². The highest BCUT2D eigenvalue weighted by molar-refractivity contribution is 6.25. The number of benzene rings is 2. The predicted molar refractivity (Wildman–Crippen MR) is 150 cm³/mol. The van der Waals surface area contributed by atoms with Gasteiger partial charge in [0.1, 0.15) is 6.04 Å². The van der Waals surface area contributed by atoms with Crippen molar-refractivity contribution in [3.8, 4) is 0 Å². The normalized spacial score (nSPS) is 19.8. The zero-order chi connectivity index (χ0) is 26.9. The molecule has 1 atom stereocenters. The van der Waals surface area contributed by atoms with E-state index in [1.54, 1.807) is 18.2 Å². The van der Waals surface area contributed by atoms with Crippen molar-refractivity contribution in [2.24, 2.45) is 0 Å². The molecule has 6 rings (SSSR count). The molecule has 0 spiro atoms. The number of halogens is 1. The fourth-order valence-corrected chi connectivity index (χ4v) is 5.72. The van der Waals surface area contributed by atoms with E-state index in [4.69, 9.17) is 0 Å². The van der Waals surface area contributed by atoms with Crippen molar-refractivity contribution in [2.45, 2.75) is 50.9 Å². The number of aromatic nitrogens is 2. The van der Waals surface area contributed by atoms with Crippen molar-refractivity contribution in [2.75, 3.05) is 18.4 Å². The van der Waals surface area contributed by atoms with Crippen LogP contribution >= 0.6 is 12.4 Å². The lowest BCUT2D eigenvalue weighted by Crippen LogP contribution is -2.54. The Bertz CT molecular complexity index is 1420. The van der Waals surface area contributed by atoms with Gasteiger partial charge in [-0.15, -0.1) is 12.4 Å². The molecule has 0 bridgehead atoms. The number of hydrogen-bond acceptors (Lipinski definition) is 7. The summed E-state index contributed by atoms with van der Waals surface area (Å²) >= 11 is 0. The number of carbonyl (C=O) groups is 4. The van der Waals surface area contributed by atoms with Crippen molar-refractivity contribution in [3.63, 3.8) is 0 Å². The van der Waals surface area contributed by atoms with Gasteiger partial charge in [-0.25, -0.2) is 0 Å². The number of hydrogen-bond donors (Lipinski definition) is 2. The molecule has 10 nitrogen and oxygen atoms in total. The lowest BCUT2D eigenvalue weighted by molar-refractivity contribution is -0.136. The molecule has 208 valence electrons. The van der Waals surface area contributed by atoms with Gasteiger partial charge < -0.3 is 5.32 Å². The second-order valence-corrected chi connectivity index (χ2v) is 10.3. The van der Waals surface area contributed by atoms with Crippen LogP contribution in [-0.2, 0) is 22.7 Å². The standard InChI is InChI=1S/C29H30N6O4.ClH/c36-25-10-9-24(27(37)32-25)35-28(38)22-3-1-4-23(26(22)29(35)39)30-17-19-5-7-20(8-6-19)18-33-15-11-21(12-16-33)34-14-2-13-31-34;/h1-8,13-14,21,24,30H,9-12,15-18H2,(H,32,36,37);1H. The van der Waals surface area contributed by atoms with Crippen molar-refractivity contribution < 1.29 is 19.2 Å². The maximum Gasteiger partial charge on any atom is 0.264 e. The van der Waals surface area contributed by atoms with Gasteiger partial charge in [0.15, 0.2) is 0 Å². The van der Waals surface area contributed by atoms with E-state index in [0.717, 1.165) is 42.9 Å². The number of imide groups is 2. The van der Waals surface area contributed by atoms with E-state index in [2.05, 4.69) is 49.6 Å². The highest BCUT2D eigenvalue weighted by atomic mass is 35.5. The summed E-state index contributed by atoms with van der Waals surface area (Å²) in [4.78, 5) is 53.7. The van der Waals surface area contributed by atoms with Crippen LogP contribution in [0, 0.1) is 0 Å². The molecule has 0 saturated carbocycles. The van der Waals surface area contributed by atoms with E-state index in [0.29, 0.717) is 18.3 Å². The monoisotopic (exact) mass is 562 g/mol. The number of rotatable bonds is 7. The minimum Gasteiger partial charge on any atom is -0.380 e. The molecule has 3 aliphatic heterocycles. The molecule has 4 amide bonds. The molecule has 1 unspecified atom stereocenters. The SMILES string of the molecule is Cl.O=C1CCC(N2C(=O)c3cccc(NCc4ccc(CN5CCC(n6cccn6)CC5)cc4)c3C2=O)C(=O)N1. The maximum absolute atomic E-state index is 13.3. The molecule has 40 heavy (non-hydrogen) atoms. The van der Waals surface area contributed by atoms with E-state index in [1.165, 1.54) is 5.56 Å². The number of fused-ring (bicyclic) bond motifs is 1. The Labute approximate surface area is 238 Å². The molecule has 2 saturated heterocycles. The largest absolute Gasteiger partial charge is 0.380 e. The molecule has 0 radical (unpaired) electrons. The van der Waals surface area contributed by atoms with Gasteiger partial charge in [0.25, 0.3) is 11.8 Å². The van der Waals surface area contributed by atoms with E-state index < -0.39 is 29.7 Å². The molecular formula is C29H31ClN6O4. The number of carbonyl (C=O) groups excluding carboxylic acids is 4. The Morgan fingerprint density at radius 3 is 2.35 bits per heavy atom. The second kappa shape index (κ2) is 11.6. The molecule has 0 aliphatic carbocycles.